The molecule has 2 aromatic heterocycles. The lowest BCUT2D eigenvalue weighted by molar-refractivity contribution is 1.09. The fourth-order valence-corrected chi connectivity index (χ4v) is 1.71. The van der Waals surface area contributed by atoms with E-state index < -0.39 is 0 Å². The van der Waals surface area contributed by atoms with Crippen LogP contribution in [-0.2, 0) is 6.42 Å². The zero-order chi connectivity index (χ0) is 11.0. The number of fused-ring (bicyclic) bond motifs is 1. The number of aryl methyl sites for hydroxylation is 3. The molecule has 0 amide bonds. The summed E-state index contributed by atoms with van der Waals surface area (Å²) < 4.78 is 0. The number of rotatable bonds is 1. The van der Waals surface area contributed by atoms with Crippen molar-refractivity contribution in [2.45, 2.75) is 27.2 Å². The van der Waals surface area contributed by atoms with E-state index in [1.165, 1.54) is 0 Å². The van der Waals surface area contributed by atoms with Crippen molar-refractivity contribution in [3.63, 3.8) is 0 Å². The van der Waals surface area contributed by atoms with Gasteiger partial charge in [-0.3, -0.25) is 4.79 Å². The van der Waals surface area contributed by atoms with E-state index in [0.717, 1.165) is 28.6 Å². The molecular weight excluding hydrogens is 188 g/mol. The molecule has 0 saturated carbocycles. The van der Waals surface area contributed by atoms with Gasteiger partial charge in [0.2, 0.25) is 0 Å². The van der Waals surface area contributed by atoms with Gasteiger partial charge in [-0.05, 0) is 37.5 Å². The summed E-state index contributed by atoms with van der Waals surface area (Å²) in [5, 5.41) is 0.976. The number of pyridine rings is 2. The van der Waals surface area contributed by atoms with E-state index in [-0.39, 0.29) is 5.56 Å². The molecule has 1 N–H and O–H groups in total. The first-order chi connectivity index (χ1) is 7.13. The molecule has 0 unspecified atom stereocenters. The zero-order valence-electron chi connectivity index (χ0n) is 9.22. The van der Waals surface area contributed by atoms with Crippen molar-refractivity contribution in [3.05, 3.63) is 39.4 Å². The van der Waals surface area contributed by atoms with E-state index in [4.69, 9.17) is 0 Å². The van der Waals surface area contributed by atoms with Crippen molar-refractivity contribution < 1.29 is 0 Å². The lowest BCUT2D eigenvalue weighted by Crippen LogP contribution is -2.10. The third-order valence-corrected chi connectivity index (χ3v) is 2.79. The van der Waals surface area contributed by atoms with Crippen LogP contribution in [0.1, 0.15) is 23.7 Å². The molecule has 0 radical (unpaired) electrons. The van der Waals surface area contributed by atoms with Crippen molar-refractivity contribution in [1.29, 1.82) is 0 Å². The van der Waals surface area contributed by atoms with Gasteiger partial charge in [-0.2, -0.15) is 0 Å². The van der Waals surface area contributed by atoms with Gasteiger partial charge < -0.3 is 4.98 Å². The third-order valence-electron chi connectivity index (χ3n) is 2.79. The van der Waals surface area contributed by atoms with Gasteiger partial charge in [0.15, 0.2) is 0 Å². The third kappa shape index (κ3) is 1.54. The Hall–Kier alpha value is -1.64. The van der Waals surface area contributed by atoms with Crippen LogP contribution in [0, 0.1) is 13.8 Å². The standard InChI is InChI=1S/C12H14N2O/c1-4-9-6-13-12(15)11-10(9)5-7(2)8(3)14-11/h5-6H,4H2,1-3H3,(H,13,15). The van der Waals surface area contributed by atoms with Crippen LogP contribution >= 0.6 is 0 Å². The van der Waals surface area contributed by atoms with Gasteiger partial charge in [-0.25, -0.2) is 4.98 Å². The van der Waals surface area contributed by atoms with Gasteiger partial charge >= 0.3 is 0 Å². The van der Waals surface area contributed by atoms with Crippen LogP contribution in [0.5, 0.6) is 0 Å². The van der Waals surface area contributed by atoms with Crippen LogP contribution < -0.4 is 5.56 Å². The first kappa shape index (κ1) is 9.90. The number of nitrogens with one attached hydrogen (secondary N) is 1. The van der Waals surface area contributed by atoms with Crippen LogP contribution in [0.2, 0.25) is 0 Å². The van der Waals surface area contributed by atoms with Gasteiger partial charge in [0.05, 0.1) is 0 Å². The van der Waals surface area contributed by atoms with Gasteiger partial charge in [0.25, 0.3) is 5.56 Å². The predicted octanol–water partition coefficient (Wildman–Crippen LogP) is 2.10. The molecule has 0 saturated heterocycles. The van der Waals surface area contributed by atoms with E-state index in [1.807, 2.05) is 19.9 Å². The summed E-state index contributed by atoms with van der Waals surface area (Å²) in [7, 11) is 0. The van der Waals surface area contributed by atoms with Gasteiger partial charge in [-0.15, -0.1) is 0 Å². The number of H-pyrrole nitrogens is 1. The van der Waals surface area contributed by atoms with Crippen molar-refractivity contribution in [1.82, 2.24) is 9.97 Å². The number of nitrogens with zero attached hydrogens (tertiary/aromatic N) is 1. The number of aromatic nitrogens is 2. The Bertz CT molecular complexity index is 570. The molecule has 3 nitrogen and oxygen atoms in total. The summed E-state index contributed by atoms with van der Waals surface area (Å²) >= 11 is 0. The maximum absolute atomic E-state index is 11.6. The Labute approximate surface area is 88.2 Å². The van der Waals surface area contributed by atoms with Crippen molar-refractivity contribution in [2.75, 3.05) is 0 Å². The second kappa shape index (κ2) is 3.50. The van der Waals surface area contributed by atoms with E-state index in [9.17, 15) is 4.79 Å². The number of aromatic amines is 1. The van der Waals surface area contributed by atoms with Crippen molar-refractivity contribution >= 4 is 10.9 Å². The van der Waals surface area contributed by atoms with Crippen LogP contribution in [0.15, 0.2) is 17.1 Å². The molecule has 0 aromatic carbocycles. The summed E-state index contributed by atoms with van der Waals surface area (Å²) in [6.07, 6.45) is 2.68. The molecule has 0 fully saturated rings. The zero-order valence-corrected chi connectivity index (χ0v) is 9.22. The lowest BCUT2D eigenvalue weighted by atomic mass is 10.1. The lowest BCUT2D eigenvalue weighted by Gasteiger charge is -2.06. The fourth-order valence-electron chi connectivity index (χ4n) is 1.71. The highest BCUT2D eigenvalue weighted by Gasteiger charge is 2.06. The van der Waals surface area contributed by atoms with Gasteiger partial charge in [-0.1, -0.05) is 6.92 Å². The minimum atomic E-state index is -0.106. The second-order valence-corrected chi connectivity index (χ2v) is 3.78. The van der Waals surface area contributed by atoms with Crippen LogP contribution in [0.3, 0.4) is 0 Å². The van der Waals surface area contributed by atoms with E-state index in [1.54, 1.807) is 6.20 Å². The summed E-state index contributed by atoms with van der Waals surface area (Å²) in [4.78, 5) is 18.7. The maximum Gasteiger partial charge on any atom is 0.274 e. The Kier molecular flexibility index (Phi) is 2.31. The highest BCUT2D eigenvalue weighted by Crippen LogP contribution is 2.16. The highest BCUT2D eigenvalue weighted by atomic mass is 16.1. The maximum atomic E-state index is 11.6. The van der Waals surface area contributed by atoms with Crippen molar-refractivity contribution in [2.24, 2.45) is 0 Å². The molecule has 2 heterocycles. The summed E-state index contributed by atoms with van der Waals surface area (Å²) in [5.74, 6) is 0. The fraction of sp³-hybridized carbons (Fsp3) is 0.333. The summed E-state index contributed by atoms with van der Waals surface area (Å²) in [6, 6.07) is 2.05. The molecular formula is C12H14N2O. The normalized spacial score (nSPS) is 10.9. The summed E-state index contributed by atoms with van der Waals surface area (Å²) in [5.41, 5.74) is 3.63. The highest BCUT2D eigenvalue weighted by molar-refractivity contribution is 5.81. The smallest absolute Gasteiger partial charge is 0.274 e. The largest absolute Gasteiger partial charge is 0.327 e. The first-order valence-electron chi connectivity index (χ1n) is 5.12. The molecule has 78 valence electrons. The number of hydrogen-bond acceptors (Lipinski definition) is 2. The summed E-state index contributed by atoms with van der Waals surface area (Å²) in [6.45, 7) is 6.01. The Balaban J connectivity index is 2.95. The van der Waals surface area contributed by atoms with Crippen LogP contribution in [-0.4, -0.2) is 9.97 Å². The Morgan fingerprint density at radius 1 is 1.40 bits per heavy atom. The molecule has 2 aromatic rings. The molecule has 3 heteroatoms. The molecule has 2 rings (SSSR count). The molecule has 0 aliphatic rings. The molecule has 15 heavy (non-hydrogen) atoms. The first-order valence-corrected chi connectivity index (χ1v) is 5.12. The van der Waals surface area contributed by atoms with E-state index in [0.29, 0.717) is 5.52 Å². The predicted molar refractivity (Wildman–Crippen MR) is 61.2 cm³/mol. The van der Waals surface area contributed by atoms with E-state index >= 15 is 0 Å². The monoisotopic (exact) mass is 202 g/mol. The molecule has 0 spiro atoms. The average molecular weight is 202 g/mol. The average Bonchev–Trinajstić information content (AvgIpc) is 2.22. The number of hydrogen-bond donors (Lipinski definition) is 1. The topological polar surface area (TPSA) is 45.8 Å². The molecule has 0 aliphatic heterocycles. The quantitative estimate of drug-likeness (QED) is 0.769. The van der Waals surface area contributed by atoms with Gasteiger partial charge in [0, 0.05) is 17.3 Å². The SMILES string of the molecule is CCc1c[nH]c(=O)c2nc(C)c(C)cc12. The van der Waals surface area contributed by atoms with E-state index in [2.05, 4.69) is 16.9 Å². The van der Waals surface area contributed by atoms with Crippen molar-refractivity contribution in [3.8, 4) is 0 Å². The van der Waals surface area contributed by atoms with Crippen LogP contribution in [0.4, 0.5) is 0 Å². The minimum absolute atomic E-state index is 0.106. The molecule has 0 bridgehead atoms. The Morgan fingerprint density at radius 3 is 2.80 bits per heavy atom. The molecule has 0 atom stereocenters. The second-order valence-electron chi connectivity index (χ2n) is 3.78. The molecule has 0 aliphatic carbocycles. The minimum Gasteiger partial charge on any atom is -0.327 e. The van der Waals surface area contributed by atoms with Crippen LogP contribution in [0.25, 0.3) is 10.9 Å². The Morgan fingerprint density at radius 2 is 2.13 bits per heavy atom. The van der Waals surface area contributed by atoms with Gasteiger partial charge in [0.1, 0.15) is 5.52 Å².